The van der Waals surface area contributed by atoms with Gasteiger partial charge in [-0.3, -0.25) is 9.36 Å². The third kappa shape index (κ3) is 4.69. The number of fused-ring (bicyclic) bond motifs is 1. The zero-order valence-electron chi connectivity index (χ0n) is 19.1. The van der Waals surface area contributed by atoms with E-state index in [2.05, 4.69) is 10.6 Å². The molecule has 0 spiro atoms. The fraction of sp³-hybridized carbons (Fsp3) is 0.286. The zero-order chi connectivity index (χ0) is 22.6. The van der Waals surface area contributed by atoms with Gasteiger partial charge >= 0.3 is 0 Å². The first-order chi connectivity index (χ1) is 16.2. The molecule has 168 valence electrons. The van der Waals surface area contributed by atoms with E-state index in [9.17, 15) is 4.79 Å². The molecule has 5 nitrogen and oxygen atoms in total. The van der Waals surface area contributed by atoms with Gasteiger partial charge in [0.2, 0.25) is 0 Å². The number of nitrogens with one attached hydrogen (secondary N) is 2. The van der Waals surface area contributed by atoms with Crippen LogP contribution in [-0.2, 0) is 6.54 Å². The van der Waals surface area contributed by atoms with Crippen molar-refractivity contribution >= 4 is 22.5 Å². The standard InChI is InChI=1S/C28H30N4O/c1-20-21(19-29-22-11-5-2-6-12-22)17-25-26(33)18-27(31-23-13-7-3-8-14-23)32(28(25)30-20)24-15-9-4-10-16-24/h3-4,7-10,13-18,22,29,31H,2,5-6,11-12,19H2,1H3. The van der Waals surface area contributed by atoms with Crippen molar-refractivity contribution in [3.8, 4) is 5.69 Å². The minimum atomic E-state index is -0.0259. The molecule has 2 N–H and O–H groups in total. The summed E-state index contributed by atoms with van der Waals surface area (Å²) in [6.45, 7) is 2.78. The van der Waals surface area contributed by atoms with E-state index < -0.39 is 0 Å². The number of rotatable bonds is 6. The molecule has 2 heterocycles. The number of aromatic nitrogens is 2. The first kappa shape index (κ1) is 21.4. The van der Waals surface area contributed by atoms with Crippen LogP contribution in [0.4, 0.5) is 11.5 Å². The van der Waals surface area contributed by atoms with Gasteiger partial charge in [0.25, 0.3) is 0 Å². The summed E-state index contributed by atoms with van der Waals surface area (Å²) in [5, 5.41) is 7.75. The van der Waals surface area contributed by atoms with Gasteiger partial charge in [-0.15, -0.1) is 0 Å². The maximum atomic E-state index is 13.2. The van der Waals surface area contributed by atoms with Gasteiger partial charge in [0.05, 0.1) is 5.39 Å². The largest absolute Gasteiger partial charge is 0.341 e. The molecule has 2 aromatic heterocycles. The zero-order valence-corrected chi connectivity index (χ0v) is 19.1. The fourth-order valence-corrected chi connectivity index (χ4v) is 4.71. The number of pyridine rings is 2. The van der Waals surface area contributed by atoms with Crippen molar-refractivity contribution in [3.05, 3.63) is 94.3 Å². The molecule has 0 aliphatic heterocycles. The van der Waals surface area contributed by atoms with Crippen LogP contribution in [0.15, 0.2) is 77.6 Å². The van der Waals surface area contributed by atoms with E-state index in [1.807, 2.05) is 78.2 Å². The third-order valence-electron chi connectivity index (χ3n) is 6.53. The average molecular weight is 439 g/mol. The van der Waals surface area contributed by atoms with Gasteiger partial charge in [-0.05, 0) is 55.7 Å². The topological polar surface area (TPSA) is 59.0 Å². The summed E-state index contributed by atoms with van der Waals surface area (Å²) >= 11 is 0. The van der Waals surface area contributed by atoms with E-state index in [1.54, 1.807) is 6.07 Å². The SMILES string of the molecule is Cc1nc2c(cc1CNC1CCCCC1)c(=O)cc(Nc1ccccc1)n2-c1ccccc1. The van der Waals surface area contributed by atoms with Crippen LogP contribution >= 0.6 is 0 Å². The molecule has 0 amide bonds. The third-order valence-corrected chi connectivity index (χ3v) is 6.53. The van der Waals surface area contributed by atoms with Crippen molar-refractivity contribution in [2.24, 2.45) is 0 Å². The molecule has 0 saturated heterocycles. The van der Waals surface area contributed by atoms with Crippen molar-refractivity contribution in [1.29, 1.82) is 0 Å². The van der Waals surface area contributed by atoms with E-state index >= 15 is 0 Å². The molecule has 0 bridgehead atoms. The lowest BCUT2D eigenvalue weighted by Crippen LogP contribution is -2.30. The monoisotopic (exact) mass is 438 g/mol. The van der Waals surface area contributed by atoms with Gasteiger partial charge < -0.3 is 10.6 Å². The van der Waals surface area contributed by atoms with Crippen molar-refractivity contribution in [2.75, 3.05) is 5.32 Å². The summed E-state index contributed by atoms with van der Waals surface area (Å²) < 4.78 is 2.04. The molecule has 1 saturated carbocycles. The Hall–Kier alpha value is -3.44. The molecule has 5 rings (SSSR count). The molecule has 33 heavy (non-hydrogen) atoms. The summed E-state index contributed by atoms with van der Waals surface area (Å²) in [6.07, 6.45) is 6.40. The van der Waals surface area contributed by atoms with E-state index in [0.29, 0.717) is 22.9 Å². The molecule has 4 aromatic rings. The van der Waals surface area contributed by atoms with Crippen molar-refractivity contribution < 1.29 is 0 Å². The molecular weight excluding hydrogens is 408 g/mol. The lowest BCUT2D eigenvalue weighted by molar-refractivity contribution is 0.372. The summed E-state index contributed by atoms with van der Waals surface area (Å²) in [6, 6.07) is 24.2. The van der Waals surface area contributed by atoms with Crippen LogP contribution in [0.2, 0.25) is 0 Å². The first-order valence-electron chi connectivity index (χ1n) is 11.9. The van der Waals surface area contributed by atoms with Crippen LogP contribution in [0, 0.1) is 6.92 Å². The van der Waals surface area contributed by atoms with Gasteiger partial charge in [0.1, 0.15) is 11.5 Å². The lowest BCUT2D eigenvalue weighted by atomic mass is 9.95. The number of anilines is 2. The van der Waals surface area contributed by atoms with E-state index in [-0.39, 0.29) is 5.43 Å². The predicted molar refractivity (Wildman–Crippen MR) is 136 cm³/mol. The second-order valence-corrected chi connectivity index (χ2v) is 8.88. The Balaban J connectivity index is 1.59. The number of benzene rings is 2. The second kappa shape index (κ2) is 9.59. The number of para-hydroxylation sites is 2. The highest BCUT2D eigenvalue weighted by Crippen LogP contribution is 2.26. The molecular formula is C28H30N4O. The Morgan fingerprint density at radius 2 is 1.64 bits per heavy atom. The maximum absolute atomic E-state index is 13.2. The van der Waals surface area contributed by atoms with Crippen molar-refractivity contribution in [2.45, 2.75) is 51.6 Å². The average Bonchev–Trinajstić information content (AvgIpc) is 2.85. The summed E-state index contributed by atoms with van der Waals surface area (Å²) in [5.74, 6) is 0.699. The fourth-order valence-electron chi connectivity index (χ4n) is 4.71. The van der Waals surface area contributed by atoms with Crippen LogP contribution in [0.5, 0.6) is 0 Å². The Labute approximate surface area is 194 Å². The smallest absolute Gasteiger partial charge is 0.193 e. The molecule has 0 atom stereocenters. The molecule has 2 aromatic carbocycles. The second-order valence-electron chi connectivity index (χ2n) is 8.88. The Morgan fingerprint density at radius 3 is 2.36 bits per heavy atom. The van der Waals surface area contributed by atoms with Crippen molar-refractivity contribution in [3.63, 3.8) is 0 Å². The van der Waals surface area contributed by atoms with Crippen LogP contribution < -0.4 is 16.1 Å². The summed E-state index contributed by atoms with van der Waals surface area (Å²) in [5.41, 5.74) is 4.57. The van der Waals surface area contributed by atoms with Gasteiger partial charge in [-0.25, -0.2) is 4.98 Å². The van der Waals surface area contributed by atoms with E-state index in [4.69, 9.17) is 4.98 Å². The van der Waals surface area contributed by atoms with Crippen LogP contribution in [0.1, 0.15) is 43.4 Å². The quantitative estimate of drug-likeness (QED) is 0.396. The molecule has 1 aliphatic rings. The first-order valence-corrected chi connectivity index (χ1v) is 11.9. The van der Waals surface area contributed by atoms with Gasteiger partial charge in [0, 0.05) is 35.7 Å². The number of nitrogens with zero attached hydrogens (tertiary/aromatic N) is 2. The molecule has 5 heteroatoms. The predicted octanol–water partition coefficient (Wildman–Crippen LogP) is 5.86. The molecule has 1 aliphatic carbocycles. The Bertz CT molecular complexity index is 1290. The van der Waals surface area contributed by atoms with Gasteiger partial charge in [-0.1, -0.05) is 55.7 Å². The summed E-state index contributed by atoms with van der Waals surface area (Å²) in [7, 11) is 0. The molecule has 0 radical (unpaired) electrons. The Kier molecular flexibility index (Phi) is 6.22. The number of hydrogen-bond donors (Lipinski definition) is 2. The van der Waals surface area contributed by atoms with Crippen LogP contribution in [-0.4, -0.2) is 15.6 Å². The molecule has 1 fully saturated rings. The number of hydrogen-bond acceptors (Lipinski definition) is 4. The highest BCUT2D eigenvalue weighted by molar-refractivity contribution is 5.81. The minimum Gasteiger partial charge on any atom is -0.341 e. The lowest BCUT2D eigenvalue weighted by Gasteiger charge is -2.23. The van der Waals surface area contributed by atoms with E-state index in [1.165, 1.54) is 32.1 Å². The van der Waals surface area contributed by atoms with Crippen LogP contribution in [0.25, 0.3) is 16.7 Å². The van der Waals surface area contributed by atoms with Gasteiger partial charge in [0.15, 0.2) is 5.43 Å². The molecule has 0 unspecified atom stereocenters. The minimum absolute atomic E-state index is 0.0259. The highest BCUT2D eigenvalue weighted by Gasteiger charge is 2.17. The summed E-state index contributed by atoms with van der Waals surface area (Å²) in [4.78, 5) is 18.2. The normalized spacial score (nSPS) is 14.5. The van der Waals surface area contributed by atoms with Gasteiger partial charge in [-0.2, -0.15) is 0 Å². The maximum Gasteiger partial charge on any atom is 0.193 e. The van der Waals surface area contributed by atoms with Crippen LogP contribution in [0.3, 0.4) is 0 Å². The van der Waals surface area contributed by atoms with E-state index in [0.717, 1.165) is 29.2 Å². The Morgan fingerprint density at radius 1 is 0.939 bits per heavy atom. The van der Waals surface area contributed by atoms with Crippen molar-refractivity contribution in [1.82, 2.24) is 14.9 Å². The highest BCUT2D eigenvalue weighted by atomic mass is 16.1. The number of aryl methyl sites for hydroxylation is 1.